The van der Waals surface area contributed by atoms with Crippen LogP contribution in [0.3, 0.4) is 0 Å². The number of anilines is 1. The Kier molecular flexibility index (Phi) is 6.06. The van der Waals surface area contributed by atoms with Gasteiger partial charge in [0, 0.05) is 36.3 Å². The van der Waals surface area contributed by atoms with E-state index in [1.54, 1.807) is 30.7 Å². The van der Waals surface area contributed by atoms with Gasteiger partial charge in [0.2, 0.25) is 5.95 Å². The molecule has 0 unspecified atom stereocenters. The number of nitriles is 1. The molecule has 0 aliphatic carbocycles. The molecule has 0 radical (unpaired) electrons. The van der Waals surface area contributed by atoms with Crippen molar-refractivity contribution >= 4 is 5.95 Å². The Morgan fingerprint density at radius 3 is 2.96 bits per heavy atom. The lowest BCUT2D eigenvalue weighted by molar-refractivity contribution is 0.122. The Labute approximate surface area is 159 Å². The minimum absolute atomic E-state index is 0.306. The fourth-order valence-corrected chi connectivity index (χ4v) is 2.54. The highest BCUT2D eigenvalue weighted by atomic mass is 19.3. The zero-order valence-corrected chi connectivity index (χ0v) is 15.0. The van der Waals surface area contributed by atoms with E-state index in [9.17, 15) is 8.78 Å². The molecule has 3 rings (SSSR count). The van der Waals surface area contributed by atoms with Gasteiger partial charge < -0.3 is 10.1 Å². The number of rotatable bonds is 8. The van der Waals surface area contributed by atoms with Crippen molar-refractivity contribution in [2.75, 3.05) is 19.0 Å². The summed E-state index contributed by atoms with van der Waals surface area (Å²) in [6, 6.07) is 5.41. The van der Waals surface area contributed by atoms with E-state index in [0.29, 0.717) is 47.2 Å². The van der Waals surface area contributed by atoms with Crippen LogP contribution in [-0.2, 0) is 6.54 Å². The van der Waals surface area contributed by atoms with E-state index in [-0.39, 0.29) is 0 Å². The van der Waals surface area contributed by atoms with Gasteiger partial charge in [-0.3, -0.25) is 9.67 Å². The highest BCUT2D eigenvalue weighted by Crippen LogP contribution is 2.31. The van der Waals surface area contributed by atoms with Crippen molar-refractivity contribution in [2.24, 2.45) is 0 Å². The van der Waals surface area contributed by atoms with Crippen LogP contribution in [0.15, 0.2) is 36.9 Å². The van der Waals surface area contributed by atoms with Crippen molar-refractivity contribution < 1.29 is 13.5 Å². The van der Waals surface area contributed by atoms with Gasteiger partial charge in [0.1, 0.15) is 18.0 Å². The van der Waals surface area contributed by atoms with Crippen LogP contribution in [0, 0.1) is 11.3 Å². The maximum absolute atomic E-state index is 12.9. The number of pyridine rings is 1. The molecule has 3 aromatic rings. The summed E-state index contributed by atoms with van der Waals surface area (Å²) in [4.78, 5) is 12.6. The smallest absolute Gasteiger partial charge is 0.257 e. The zero-order chi connectivity index (χ0) is 19.9. The largest absolute Gasteiger partial charge is 0.495 e. The fraction of sp³-hybridized carbons (Fsp3) is 0.278. The molecule has 0 aliphatic heterocycles. The van der Waals surface area contributed by atoms with E-state index >= 15 is 0 Å². The van der Waals surface area contributed by atoms with Crippen LogP contribution >= 0.6 is 0 Å². The van der Waals surface area contributed by atoms with Gasteiger partial charge in [-0.25, -0.2) is 18.7 Å². The molecule has 10 heteroatoms. The standard InChI is InChI=1S/C18H17F2N7O/c1-28-13-7-12(8-22-9-13)17-14(10-27(26-17)11-16(19)20)15-3-6-24-18(25-15)23-5-2-4-21/h3,6-10,16H,2,5,11H2,1H3,(H,23,24,25). The quantitative estimate of drug-likeness (QED) is 0.595. The SMILES string of the molecule is COc1cncc(-c2nn(CC(F)F)cc2-c2ccnc(NCCC#N)n2)c1. The van der Waals surface area contributed by atoms with Gasteiger partial charge in [-0.2, -0.15) is 10.4 Å². The van der Waals surface area contributed by atoms with Crippen LogP contribution in [0.2, 0.25) is 0 Å². The number of nitrogens with one attached hydrogen (secondary N) is 1. The van der Waals surface area contributed by atoms with Crippen molar-refractivity contribution in [2.45, 2.75) is 19.4 Å². The first-order valence-electron chi connectivity index (χ1n) is 8.40. The van der Waals surface area contributed by atoms with Crippen LogP contribution < -0.4 is 10.1 Å². The Morgan fingerprint density at radius 1 is 1.36 bits per heavy atom. The molecule has 3 heterocycles. The summed E-state index contributed by atoms with van der Waals surface area (Å²) in [5, 5.41) is 15.9. The first-order chi connectivity index (χ1) is 13.6. The summed E-state index contributed by atoms with van der Waals surface area (Å²) in [5.41, 5.74) is 2.13. The molecule has 1 N–H and O–H groups in total. The minimum atomic E-state index is -2.54. The van der Waals surface area contributed by atoms with Crippen LogP contribution in [0.5, 0.6) is 5.75 Å². The Balaban J connectivity index is 2.02. The van der Waals surface area contributed by atoms with Crippen LogP contribution in [-0.4, -0.2) is 44.8 Å². The second-order valence-corrected chi connectivity index (χ2v) is 5.72. The molecule has 0 fully saturated rings. The monoisotopic (exact) mass is 385 g/mol. The van der Waals surface area contributed by atoms with E-state index in [1.165, 1.54) is 18.0 Å². The molecule has 0 saturated heterocycles. The predicted molar refractivity (Wildman–Crippen MR) is 97.8 cm³/mol. The van der Waals surface area contributed by atoms with Crippen molar-refractivity contribution in [1.82, 2.24) is 24.7 Å². The van der Waals surface area contributed by atoms with Gasteiger partial charge in [0.25, 0.3) is 6.43 Å². The molecular weight excluding hydrogens is 368 g/mol. The minimum Gasteiger partial charge on any atom is -0.495 e. The summed E-state index contributed by atoms with van der Waals surface area (Å²) in [6.07, 6.45) is 3.95. The third-order valence-electron chi connectivity index (χ3n) is 3.76. The Hall–Kier alpha value is -3.61. The topological polar surface area (TPSA) is 102 Å². The number of hydrogen-bond acceptors (Lipinski definition) is 7. The fourth-order valence-electron chi connectivity index (χ4n) is 2.54. The normalized spacial score (nSPS) is 10.7. The van der Waals surface area contributed by atoms with Crippen molar-refractivity contribution in [1.29, 1.82) is 5.26 Å². The Bertz CT molecular complexity index is 984. The molecule has 144 valence electrons. The molecule has 0 aliphatic rings. The van der Waals surface area contributed by atoms with Gasteiger partial charge in [0.05, 0.1) is 31.5 Å². The summed E-state index contributed by atoms with van der Waals surface area (Å²) < 4.78 is 32.1. The molecule has 0 amide bonds. The average Bonchev–Trinajstić information content (AvgIpc) is 3.11. The van der Waals surface area contributed by atoms with Gasteiger partial charge in [0.15, 0.2) is 0 Å². The van der Waals surface area contributed by atoms with Crippen molar-refractivity contribution in [3.05, 3.63) is 36.9 Å². The van der Waals surface area contributed by atoms with Gasteiger partial charge in [-0.15, -0.1) is 0 Å². The third kappa shape index (κ3) is 4.56. The maximum atomic E-state index is 12.9. The van der Waals surface area contributed by atoms with Crippen LogP contribution in [0.4, 0.5) is 14.7 Å². The summed E-state index contributed by atoms with van der Waals surface area (Å²) in [7, 11) is 1.51. The second-order valence-electron chi connectivity index (χ2n) is 5.72. The summed E-state index contributed by atoms with van der Waals surface area (Å²) >= 11 is 0. The number of aromatic nitrogens is 5. The Morgan fingerprint density at radius 2 is 2.21 bits per heavy atom. The highest BCUT2D eigenvalue weighted by Gasteiger charge is 2.17. The average molecular weight is 385 g/mol. The number of methoxy groups -OCH3 is 1. The molecule has 28 heavy (non-hydrogen) atoms. The molecule has 0 saturated carbocycles. The lowest BCUT2D eigenvalue weighted by Crippen LogP contribution is -2.06. The lowest BCUT2D eigenvalue weighted by atomic mass is 10.1. The number of hydrogen-bond donors (Lipinski definition) is 1. The van der Waals surface area contributed by atoms with E-state index in [2.05, 4.69) is 25.4 Å². The zero-order valence-electron chi connectivity index (χ0n) is 15.0. The molecule has 8 nitrogen and oxygen atoms in total. The van der Waals surface area contributed by atoms with Gasteiger partial charge in [-0.1, -0.05) is 0 Å². The molecule has 0 atom stereocenters. The first-order valence-corrected chi connectivity index (χ1v) is 8.40. The first kappa shape index (κ1) is 19.2. The predicted octanol–water partition coefficient (Wildman–Crippen LogP) is 3.00. The molecule has 3 aromatic heterocycles. The van der Waals surface area contributed by atoms with E-state index in [0.717, 1.165) is 0 Å². The van der Waals surface area contributed by atoms with E-state index < -0.39 is 13.0 Å². The molecule has 0 spiro atoms. The van der Waals surface area contributed by atoms with E-state index in [4.69, 9.17) is 10.00 Å². The van der Waals surface area contributed by atoms with Crippen molar-refractivity contribution in [3.63, 3.8) is 0 Å². The number of halogens is 2. The van der Waals surface area contributed by atoms with Crippen LogP contribution in [0.1, 0.15) is 6.42 Å². The number of ether oxygens (including phenoxy) is 1. The van der Waals surface area contributed by atoms with Crippen molar-refractivity contribution in [3.8, 4) is 34.3 Å². The van der Waals surface area contributed by atoms with Gasteiger partial charge >= 0.3 is 0 Å². The third-order valence-corrected chi connectivity index (χ3v) is 3.76. The summed E-state index contributed by atoms with van der Waals surface area (Å²) in [5.74, 6) is 0.859. The highest BCUT2D eigenvalue weighted by molar-refractivity contribution is 5.79. The van der Waals surface area contributed by atoms with Crippen LogP contribution in [0.25, 0.3) is 22.5 Å². The number of alkyl halides is 2. The molecule has 0 bridgehead atoms. The molecular formula is C18H17F2N7O. The number of nitrogens with zero attached hydrogens (tertiary/aromatic N) is 6. The van der Waals surface area contributed by atoms with E-state index in [1.807, 2.05) is 6.07 Å². The maximum Gasteiger partial charge on any atom is 0.257 e. The molecule has 0 aromatic carbocycles. The summed E-state index contributed by atoms with van der Waals surface area (Å²) in [6.45, 7) is -0.139. The van der Waals surface area contributed by atoms with Gasteiger partial charge in [-0.05, 0) is 12.1 Å². The lowest BCUT2D eigenvalue weighted by Gasteiger charge is -2.06. The second kappa shape index (κ2) is 8.85.